The summed E-state index contributed by atoms with van der Waals surface area (Å²) in [7, 11) is 1.70. The number of allylic oxidation sites excluding steroid dienone is 2. The van der Waals surface area contributed by atoms with E-state index in [1.54, 1.807) is 7.11 Å². The van der Waals surface area contributed by atoms with E-state index < -0.39 is 0 Å². The van der Waals surface area contributed by atoms with Crippen LogP contribution in [0.15, 0.2) is 23.8 Å². The minimum Gasteiger partial charge on any atom is -0.456 e. The summed E-state index contributed by atoms with van der Waals surface area (Å²) in [6.45, 7) is 9.18. The smallest absolute Gasteiger partial charge is 0.330 e. The van der Waals surface area contributed by atoms with Crippen molar-refractivity contribution in [3.8, 4) is 0 Å². The summed E-state index contributed by atoms with van der Waals surface area (Å²) < 4.78 is 23.8. The van der Waals surface area contributed by atoms with Crippen molar-refractivity contribution < 1.29 is 23.7 Å². The number of rotatable bonds is 8. The lowest BCUT2D eigenvalue weighted by Gasteiger charge is -2.42. The van der Waals surface area contributed by atoms with Crippen molar-refractivity contribution in [3.05, 3.63) is 23.8 Å². The Morgan fingerprint density at radius 1 is 1.33 bits per heavy atom. The molecule has 2 saturated heterocycles. The molecule has 0 amide bonds. The van der Waals surface area contributed by atoms with E-state index in [0.29, 0.717) is 0 Å². The molecule has 0 aromatic carbocycles. The highest BCUT2D eigenvalue weighted by molar-refractivity contribution is 5.82. The molecule has 0 radical (unpaired) electrons. The maximum Gasteiger partial charge on any atom is 0.330 e. The summed E-state index contributed by atoms with van der Waals surface area (Å²) in [5.41, 5.74) is 0.811. The predicted octanol–water partition coefficient (Wildman–Crippen LogP) is 3.96. The van der Waals surface area contributed by atoms with Gasteiger partial charge in [0.15, 0.2) is 0 Å². The normalized spacial score (nSPS) is 40.2. The number of methoxy groups -OCH3 is 1. The highest BCUT2D eigenvalue weighted by atomic mass is 16.6. The number of unbranched alkanes of at least 4 members (excludes halogenated alkanes) is 1. The quantitative estimate of drug-likeness (QED) is 0.277. The topological polar surface area (TPSA) is 60.6 Å². The van der Waals surface area contributed by atoms with E-state index in [-0.39, 0.29) is 41.4 Å². The summed E-state index contributed by atoms with van der Waals surface area (Å²) in [6, 6.07) is 0. The average Bonchev–Trinajstić information content (AvgIpc) is 3.53. The summed E-state index contributed by atoms with van der Waals surface area (Å²) in [5.74, 6) is -0.221. The molecule has 3 aliphatic rings. The van der Waals surface area contributed by atoms with Crippen LogP contribution in [0.25, 0.3) is 0 Å². The first-order valence-electron chi connectivity index (χ1n) is 10.2. The lowest BCUT2D eigenvalue weighted by atomic mass is 9.68. The van der Waals surface area contributed by atoms with Crippen molar-refractivity contribution in [1.82, 2.24) is 0 Å². The molecule has 27 heavy (non-hydrogen) atoms. The molecule has 5 heteroatoms. The van der Waals surface area contributed by atoms with Crippen LogP contribution in [0.1, 0.15) is 59.8 Å². The first-order chi connectivity index (χ1) is 12.9. The zero-order chi connectivity index (χ0) is 19.7. The molecular weight excluding hydrogens is 344 g/mol. The molecular formula is C22H34O5. The Morgan fingerprint density at radius 3 is 2.67 bits per heavy atom. The summed E-state index contributed by atoms with van der Waals surface area (Å²) in [6.07, 6.45) is 9.74. The van der Waals surface area contributed by atoms with Gasteiger partial charge in [0.05, 0.1) is 18.6 Å². The van der Waals surface area contributed by atoms with Gasteiger partial charge in [-0.05, 0) is 46.5 Å². The fourth-order valence-corrected chi connectivity index (χ4v) is 4.60. The molecule has 3 fully saturated rings. The highest BCUT2D eigenvalue weighted by Gasteiger charge is 2.72. The lowest BCUT2D eigenvalue weighted by Crippen LogP contribution is -2.55. The summed E-state index contributed by atoms with van der Waals surface area (Å²) in [4.78, 5) is 12.2. The van der Waals surface area contributed by atoms with Crippen LogP contribution in [0.2, 0.25) is 0 Å². The van der Waals surface area contributed by atoms with E-state index in [2.05, 4.69) is 33.8 Å². The standard InChI is InChI=1S/C22H34O5/c1-6-7-8-9-18(23)26-16-12-13-22(14-25-22)20(19(16)24-5)21(4)17(27-21)11-10-15(2)3/h8-10,16-17,19-20H,6-7,11-14H2,1-5H3/b9-8+. The number of ether oxygens (including phenoxy) is 4. The molecule has 0 N–H and O–H groups in total. The maximum absolute atomic E-state index is 12.2. The fraction of sp³-hybridized carbons (Fsp3) is 0.773. The van der Waals surface area contributed by atoms with Crippen LogP contribution < -0.4 is 0 Å². The third-order valence-corrected chi connectivity index (χ3v) is 6.21. The number of esters is 1. The van der Waals surface area contributed by atoms with Crippen LogP contribution >= 0.6 is 0 Å². The Morgan fingerprint density at radius 2 is 2.07 bits per heavy atom. The first-order valence-corrected chi connectivity index (χ1v) is 10.2. The third-order valence-electron chi connectivity index (χ3n) is 6.21. The van der Waals surface area contributed by atoms with Crippen molar-refractivity contribution in [2.75, 3.05) is 13.7 Å². The minimum atomic E-state index is -0.299. The third kappa shape index (κ3) is 4.30. The second-order valence-corrected chi connectivity index (χ2v) is 8.54. The van der Waals surface area contributed by atoms with Crippen LogP contribution in [0.4, 0.5) is 0 Å². The van der Waals surface area contributed by atoms with Crippen molar-refractivity contribution >= 4 is 5.97 Å². The van der Waals surface area contributed by atoms with E-state index >= 15 is 0 Å². The number of hydrogen-bond acceptors (Lipinski definition) is 5. The van der Waals surface area contributed by atoms with Crippen molar-refractivity contribution in [2.45, 2.75) is 89.3 Å². The van der Waals surface area contributed by atoms with Crippen LogP contribution in [0, 0.1) is 5.92 Å². The van der Waals surface area contributed by atoms with Gasteiger partial charge < -0.3 is 18.9 Å². The monoisotopic (exact) mass is 378 g/mol. The molecule has 2 heterocycles. The fourth-order valence-electron chi connectivity index (χ4n) is 4.60. The van der Waals surface area contributed by atoms with Crippen molar-refractivity contribution in [1.29, 1.82) is 0 Å². The van der Waals surface area contributed by atoms with E-state index in [1.165, 1.54) is 11.6 Å². The minimum absolute atomic E-state index is 0.0664. The molecule has 1 saturated carbocycles. The Bertz CT molecular complexity index is 602. The predicted molar refractivity (Wildman–Crippen MR) is 103 cm³/mol. The Hall–Kier alpha value is -1.17. The van der Waals surface area contributed by atoms with E-state index in [9.17, 15) is 4.79 Å². The first kappa shape index (κ1) is 20.6. The van der Waals surface area contributed by atoms with Gasteiger partial charge in [-0.2, -0.15) is 0 Å². The largest absolute Gasteiger partial charge is 0.456 e. The van der Waals surface area contributed by atoms with Crippen LogP contribution in [0.5, 0.6) is 0 Å². The van der Waals surface area contributed by atoms with Gasteiger partial charge in [0.25, 0.3) is 0 Å². The zero-order valence-electron chi connectivity index (χ0n) is 17.3. The van der Waals surface area contributed by atoms with Gasteiger partial charge in [0.2, 0.25) is 0 Å². The molecule has 0 aromatic heterocycles. The molecule has 1 spiro atoms. The van der Waals surface area contributed by atoms with Gasteiger partial charge in [-0.25, -0.2) is 4.79 Å². The molecule has 2 aliphatic heterocycles. The molecule has 0 aromatic rings. The van der Waals surface area contributed by atoms with Gasteiger partial charge in [-0.15, -0.1) is 0 Å². The Balaban J connectivity index is 1.72. The van der Waals surface area contributed by atoms with Crippen LogP contribution in [-0.2, 0) is 23.7 Å². The summed E-state index contributed by atoms with van der Waals surface area (Å²) >= 11 is 0. The van der Waals surface area contributed by atoms with Crippen LogP contribution in [0.3, 0.4) is 0 Å². The molecule has 3 rings (SSSR count). The van der Waals surface area contributed by atoms with Crippen molar-refractivity contribution in [2.24, 2.45) is 5.92 Å². The molecule has 152 valence electrons. The average molecular weight is 379 g/mol. The van der Waals surface area contributed by atoms with Gasteiger partial charge in [0, 0.05) is 13.2 Å². The molecule has 6 atom stereocenters. The number of epoxide rings is 2. The van der Waals surface area contributed by atoms with Gasteiger partial charge in [-0.1, -0.05) is 31.1 Å². The lowest BCUT2D eigenvalue weighted by molar-refractivity contribution is -0.166. The molecule has 0 bridgehead atoms. The highest BCUT2D eigenvalue weighted by Crippen LogP contribution is 2.59. The number of carbonyl (C=O) groups is 1. The van der Waals surface area contributed by atoms with Gasteiger partial charge in [0.1, 0.15) is 23.4 Å². The molecule has 5 nitrogen and oxygen atoms in total. The Labute approximate surface area is 163 Å². The van der Waals surface area contributed by atoms with E-state index in [1.807, 2.05) is 6.08 Å². The summed E-state index contributed by atoms with van der Waals surface area (Å²) in [5, 5.41) is 0. The number of hydrogen-bond donors (Lipinski definition) is 0. The zero-order valence-corrected chi connectivity index (χ0v) is 17.3. The van der Waals surface area contributed by atoms with E-state index in [0.717, 1.165) is 38.7 Å². The van der Waals surface area contributed by atoms with E-state index in [4.69, 9.17) is 18.9 Å². The second kappa shape index (κ2) is 8.06. The Kier molecular flexibility index (Phi) is 6.14. The van der Waals surface area contributed by atoms with Crippen LogP contribution in [-0.4, -0.2) is 49.2 Å². The van der Waals surface area contributed by atoms with Gasteiger partial charge in [-0.3, -0.25) is 0 Å². The van der Waals surface area contributed by atoms with Gasteiger partial charge >= 0.3 is 5.97 Å². The molecule has 1 aliphatic carbocycles. The molecule has 6 unspecified atom stereocenters. The maximum atomic E-state index is 12.2. The van der Waals surface area contributed by atoms with Crippen molar-refractivity contribution in [3.63, 3.8) is 0 Å². The second-order valence-electron chi connectivity index (χ2n) is 8.54. The SMILES string of the molecule is CCC/C=C/C(=O)OC1CCC2(CO2)C(C2(C)OC2CC=C(C)C)C1OC. The number of carbonyl (C=O) groups excluding carboxylic acids is 1.